The summed E-state index contributed by atoms with van der Waals surface area (Å²) in [7, 11) is 0. The topological polar surface area (TPSA) is 12.0 Å². The lowest BCUT2D eigenvalue weighted by atomic mass is 10.2. The van der Waals surface area contributed by atoms with Crippen molar-refractivity contribution in [2.24, 2.45) is 0 Å². The van der Waals surface area contributed by atoms with E-state index in [1.165, 1.54) is 6.07 Å². The molecule has 0 saturated heterocycles. The Labute approximate surface area is 123 Å². The summed E-state index contributed by atoms with van der Waals surface area (Å²) >= 11 is 15.0. The highest BCUT2D eigenvalue weighted by Crippen LogP contribution is 2.23. The van der Waals surface area contributed by atoms with Gasteiger partial charge in [-0.2, -0.15) is 0 Å². The molecule has 2 rings (SSSR count). The number of nitrogens with one attached hydrogen (secondary N) is 1. The fourth-order valence-corrected chi connectivity index (χ4v) is 2.32. The van der Waals surface area contributed by atoms with Crippen LogP contribution in [-0.2, 0) is 6.54 Å². The molecule has 0 aliphatic heterocycles. The molecule has 0 fully saturated rings. The molecule has 94 valence electrons. The molecule has 0 amide bonds. The van der Waals surface area contributed by atoms with Crippen LogP contribution in [0.5, 0.6) is 0 Å². The highest BCUT2D eigenvalue weighted by molar-refractivity contribution is 9.10. The van der Waals surface area contributed by atoms with Gasteiger partial charge in [0, 0.05) is 22.3 Å². The average Bonchev–Trinajstić information content (AvgIpc) is 2.32. The molecule has 0 spiro atoms. The zero-order valence-electron chi connectivity index (χ0n) is 9.18. The Morgan fingerprint density at radius 1 is 1.11 bits per heavy atom. The van der Waals surface area contributed by atoms with Crippen LogP contribution in [0.1, 0.15) is 5.56 Å². The molecule has 0 heterocycles. The van der Waals surface area contributed by atoms with E-state index in [0.29, 0.717) is 21.1 Å². The maximum absolute atomic E-state index is 13.1. The number of hydrogen-bond donors (Lipinski definition) is 1. The van der Waals surface area contributed by atoms with Crippen LogP contribution in [-0.4, -0.2) is 0 Å². The largest absolute Gasteiger partial charge is 0.381 e. The van der Waals surface area contributed by atoms with Crippen LogP contribution in [0.25, 0.3) is 0 Å². The first-order chi connectivity index (χ1) is 8.56. The maximum atomic E-state index is 13.1. The normalized spacial score (nSPS) is 10.4. The Balaban J connectivity index is 2.09. The van der Waals surface area contributed by atoms with Gasteiger partial charge in [0.25, 0.3) is 0 Å². The minimum absolute atomic E-state index is 0.287. The fraction of sp³-hybridized carbons (Fsp3) is 0.0769. The summed E-state index contributed by atoms with van der Waals surface area (Å²) in [5.74, 6) is -0.287. The molecule has 0 aromatic heterocycles. The molecule has 1 N–H and O–H groups in total. The van der Waals surface area contributed by atoms with Crippen molar-refractivity contribution in [3.05, 3.63) is 62.3 Å². The van der Waals surface area contributed by atoms with Crippen molar-refractivity contribution in [3.63, 3.8) is 0 Å². The van der Waals surface area contributed by atoms with Crippen LogP contribution < -0.4 is 5.32 Å². The highest BCUT2D eigenvalue weighted by atomic mass is 79.9. The molecule has 0 radical (unpaired) electrons. The van der Waals surface area contributed by atoms with E-state index >= 15 is 0 Å². The zero-order valence-corrected chi connectivity index (χ0v) is 12.3. The lowest BCUT2D eigenvalue weighted by Crippen LogP contribution is -2.00. The molecule has 18 heavy (non-hydrogen) atoms. The molecular weight excluding hydrogens is 340 g/mol. The first-order valence-corrected chi connectivity index (χ1v) is 6.74. The van der Waals surface area contributed by atoms with Gasteiger partial charge in [-0.25, -0.2) is 4.39 Å². The van der Waals surface area contributed by atoms with Gasteiger partial charge in [0.2, 0.25) is 0 Å². The molecule has 0 aliphatic carbocycles. The number of halogens is 4. The molecule has 0 atom stereocenters. The number of hydrogen-bond acceptors (Lipinski definition) is 1. The molecule has 2 aromatic carbocycles. The third-order valence-electron chi connectivity index (χ3n) is 2.42. The van der Waals surface area contributed by atoms with E-state index in [2.05, 4.69) is 21.2 Å². The van der Waals surface area contributed by atoms with Crippen LogP contribution in [0.4, 0.5) is 10.1 Å². The first-order valence-electron chi connectivity index (χ1n) is 5.19. The Hall–Kier alpha value is -0.770. The van der Waals surface area contributed by atoms with Gasteiger partial charge in [-0.3, -0.25) is 0 Å². The van der Waals surface area contributed by atoms with E-state index in [-0.39, 0.29) is 5.82 Å². The summed E-state index contributed by atoms with van der Waals surface area (Å²) in [5.41, 5.74) is 1.75. The Bertz CT molecular complexity index is 575. The second-order valence-corrected chi connectivity index (χ2v) is 5.42. The molecule has 2 aromatic rings. The van der Waals surface area contributed by atoms with Gasteiger partial charge in [-0.1, -0.05) is 29.3 Å². The number of rotatable bonds is 3. The maximum Gasteiger partial charge on any atom is 0.137 e. The smallest absolute Gasteiger partial charge is 0.137 e. The first kappa shape index (κ1) is 13.7. The second kappa shape index (κ2) is 5.91. The van der Waals surface area contributed by atoms with E-state index in [0.717, 1.165) is 11.3 Å². The van der Waals surface area contributed by atoms with E-state index in [4.69, 9.17) is 23.2 Å². The van der Waals surface area contributed by atoms with Gasteiger partial charge >= 0.3 is 0 Å². The summed E-state index contributed by atoms with van der Waals surface area (Å²) in [6, 6.07) is 10.1. The van der Waals surface area contributed by atoms with Crippen molar-refractivity contribution in [3.8, 4) is 0 Å². The average molecular weight is 349 g/mol. The summed E-state index contributed by atoms with van der Waals surface area (Å²) in [5, 5.41) is 4.38. The summed E-state index contributed by atoms with van der Waals surface area (Å²) < 4.78 is 13.5. The predicted octanol–water partition coefficient (Wildman–Crippen LogP) is 5.51. The van der Waals surface area contributed by atoms with Gasteiger partial charge in [0.15, 0.2) is 0 Å². The standard InChI is InChI=1S/C13H9BrCl2FN/c14-11-6-10(3-4-13(11)17)18-7-8-1-2-9(15)5-12(8)16/h1-6,18H,7H2. The van der Waals surface area contributed by atoms with Gasteiger partial charge in [-0.15, -0.1) is 0 Å². The van der Waals surface area contributed by atoms with Gasteiger partial charge in [-0.05, 0) is 51.8 Å². The predicted molar refractivity (Wildman–Crippen MR) is 77.9 cm³/mol. The fourth-order valence-electron chi connectivity index (χ4n) is 1.47. The summed E-state index contributed by atoms with van der Waals surface area (Å²) in [4.78, 5) is 0. The van der Waals surface area contributed by atoms with Crippen molar-refractivity contribution < 1.29 is 4.39 Å². The quantitative estimate of drug-likeness (QED) is 0.771. The molecule has 0 unspecified atom stereocenters. The van der Waals surface area contributed by atoms with Crippen LogP contribution in [0.15, 0.2) is 40.9 Å². The second-order valence-electron chi connectivity index (χ2n) is 3.72. The van der Waals surface area contributed by atoms with Crippen molar-refractivity contribution in [2.75, 3.05) is 5.32 Å². The van der Waals surface area contributed by atoms with E-state index in [1.807, 2.05) is 6.07 Å². The Kier molecular flexibility index (Phi) is 4.49. The highest BCUT2D eigenvalue weighted by Gasteiger charge is 2.03. The van der Waals surface area contributed by atoms with Gasteiger partial charge < -0.3 is 5.32 Å². The molecule has 0 saturated carbocycles. The minimum atomic E-state index is -0.287. The molecule has 5 heteroatoms. The lowest BCUT2D eigenvalue weighted by Gasteiger charge is -2.09. The van der Waals surface area contributed by atoms with Crippen molar-refractivity contribution in [2.45, 2.75) is 6.54 Å². The summed E-state index contributed by atoms with van der Waals surface area (Å²) in [6.45, 7) is 0.550. The van der Waals surface area contributed by atoms with E-state index in [9.17, 15) is 4.39 Å². The van der Waals surface area contributed by atoms with Crippen LogP contribution in [0, 0.1) is 5.82 Å². The van der Waals surface area contributed by atoms with Gasteiger partial charge in [0.1, 0.15) is 5.82 Å². The summed E-state index contributed by atoms with van der Waals surface area (Å²) in [6.07, 6.45) is 0. The lowest BCUT2D eigenvalue weighted by molar-refractivity contribution is 0.621. The SMILES string of the molecule is Fc1ccc(NCc2ccc(Cl)cc2Cl)cc1Br. The van der Waals surface area contributed by atoms with Crippen molar-refractivity contribution in [1.29, 1.82) is 0 Å². The molecule has 0 bridgehead atoms. The number of benzene rings is 2. The van der Waals surface area contributed by atoms with Crippen LogP contribution >= 0.6 is 39.1 Å². The van der Waals surface area contributed by atoms with E-state index in [1.54, 1.807) is 24.3 Å². The third kappa shape index (κ3) is 3.37. The molecular formula is C13H9BrCl2FN. The monoisotopic (exact) mass is 347 g/mol. The molecule has 1 nitrogen and oxygen atoms in total. The Morgan fingerprint density at radius 2 is 1.89 bits per heavy atom. The zero-order chi connectivity index (χ0) is 13.1. The van der Waals surface area contributed by atoms with Gasteiger partial charge in [0.05, 0.1) is 4.47 Å². The molecule has 0 aliphatic rings. The minimum Gasteiger partial charge on any atom is -0.381 e. The van der Waals surface area contributed by atoms with Crippen LogP contribution in [0.2, 0.25) is 10.0 Å². The van der Waals surface area contributed by atoms with Crippen molar-refractivity contribution in [1.82, 2.24) is 0 Å². The van der Waals surface area contributed by atoms with E-state index < -0.39 is 0 Å². The third-order valence-corrected chi connectivity index (χ3v) is 3.61. The Morgan fingerprint density at radius 3 is 2.56 bits per heavy atom. The van der Waals surface area contributed by atoms with Crippen LogP contribution in [0.3, 0.4) is 0 Å². The van der Waals surface area contributed by atoms with Crippen molar-refractivity contribution >= 4 is 44.8 Å². The number of anilines is 1.